The fraction of sp³-hybridized carbons (Fsp3) is 0.148. The lowest BCUT2D eigenvalue weighted by Crippen LogP contribution is -2.36. The molecule has 182 valence electrons. The second kappa shape index (κ2) is 10.6. The summed E-state index contributed by atoms with van der Waals surface area (Å²) < 4.78 is 6.28. The van der Waals surface area contributed by atoms with E-state index in [9.17, 15) is 19.2 Å². The Morgan fingerprint density at radius 2 is 1.56 bits per heavy atom. The molecule has 9 nitrogen and oxygen atoms in total. The monoisotopic (exact) mass is 484 g/mol. The van der Waals surface area contributed by atoms with Crippen molar-refractivity contribution in [3.8, 4) is 5.69 Å². The van der Waals surface area contributed by atoms with E-state index in [4.69, 9.17) is 4.74 Å². The Hall–Kier alpha value is -4.79. The zero-order chi connectivity index (χ0) is 25.7. The van der Waals surface area contributed by atoms with E-state index in [-0.39, 0.29) is 23.2 Å². The average Bonchev–Trinajstić information content (AvgIpc) is 2.89. The molecule has 0 atom stereocenters. The number of benzene rings is 3. The molecule has 0 aliphatic rings. The molecule has 1 heterocycles. The number of para-hydroxylation sites is 1. The van der Waals surface area contributed by atoms with Gasteiger partial charge in [-0.25, -0.2) is 4.79 Å². The van der Waals surface area contributed by atoms with Crippen LogP contribution in [-0.2, 0) is 14.3 Å². The van der Waals surface area contributed by atoms with Gasteiger partial charge >= 0.3 is 5.97 Å². The van der Waals surface area contributed by atoms with E-state index in [1.165, 1.54) is 0 Å². The molecule has 2 amide bonds. The van der Waals surface area contributed by atoms with Gasteiger partial charge in [0.05, 0.1) is 17.6 Å². The van der Waals surface area contributed by atoms with Crippen molar-refractivity contribution in [3.63, 3.8) is 0 Å². The molecule has 4 rings (SSSR count). The highest BCUT2D eigenvalue weighted by Gasteiger charge is 2.20. The standard InChI is InChI=1S/C27H24N4O5/c1-17-9-8-14-22(18(17)2)29-23(32)15-28-24(33)16-36-27(35)25-20-12-6-7-13-21(20)26(34)31(30-25)19-10-4-3-5-11-19/h3-14H,15-16H2,1-2H3,(H,28,33)(H,29,32). The van der Waals surface area contributed by atoms with Crippen molar-refractivity contribution in [2.45, 2.75) is 13.8 Å². The predicted molar refractivity (Wildman–Crippen MR) is 135 cm³/mol. The van der Waals surface area contributed by atoms with Crippen molar-refractivity contribution in [2.75, 3.05) is 18.5 Å². The third-order valence-electron chi connectivity index (χ3n) is 5.66. The molecule has 0 saturated heterocycles. The number of carbonyl (C=O) groups is 3. The largest absolute Gasteiger partial charge is 0.451 e. The second-order valence-corrected chi connectivity index (χ2v) is 8.10. The number of aromatic nitrogens is 2. The molecule has 2 N–H and O–H groups in total. The fourth-order valence-corrected chi connectivity index (χ4v) is 3.59. The van der Waals surface area contributed by atoms with Gasteiger partial charge in [0.2, 0.25) is 5.91 Å². The van der Waals surface area contributed by atoms with Gasteiger partial charge in [-0.3, -0.25) is 14.4 Å². The number of nitrogens with one attached hydrogen (secondary N) is 2. The summed E-state index contributed by atoms with van der Waals surface area (Å²) in [5, 5.41) is 9.98. The van der Waals surface area contributed by atoms with Crippen molar-refractivity contribution < 1.29 is 19.1 Å². The maximum Gasteiger partial charge on any atom is 0.359 e. The third-order valence-corrected chi connectivity index (χ3v) is 5.66. The van der Waals surface area contributed by atoms with Crippen molar-refractivity contribution in [1.29, 1.82) is 0 Å². The van der Waals surface area contributed by atoms with Crippen LogP contribution in [0.15, 0.2) is 77.6 Å². The second-order valence-electron chi connectivity index (χ2n) is 8.10. The van der Waals surface area contributed by atoms with E-state index in [0.717, 1.165) is 15.8 Å². The summed E-state index contributed by atoms with van der Waals surface area (Å²) in [5.74, 6) is -1.93. The van der Waals surface area contributed by atoms with E-state index in [0.29, 0.717) is 16.8 Å². The lowest BCUT2D eigenvalue weighted by atomic mass is 10.1. The first-order valence-corrected chi connectivity index (χ1v) is 11.2. The number of esters is 1. The molecule has 1 aromatic heterocycles. The maximum atomic E-state index is 12.9. The Morgan fingerprint density at radius 1 is 0.861 bits per heavy atom. The van der Waals surface area contributed by atoms with Crippen LogP contribution in [0.5, 0.6) is 0 Å². The van der Waals surface area contributed by atoms with Gasteiger partial charge in [-0.15, -0.1) is 0 Å². The van der Waals surface area contributed by atoms with Crippen molar-refractivity contribution in [3.05, 3.63) is 100.0 Å². The Bertz CT molecular complexity index is 1510. The van der Waals surface area contributed by atoms with Crippen LogP contribution < -0.4 is 16.2 Å². The topological polar surface area (TPSA) is 119 Å². The highest BCUT2D eigenvalue weighted by Crippen LogP contribution is 2.18. The summed E-state index contributed by atoms with van der Waals surface area (Å²) in [6, 6.07) is 20.8. The average molecular weight is 485 g/mol. The predicted octanol–water partition coefficient (Wildman–Crippen LogP) is 2.91. The number of nitrogens with zero attached hydrogens (tertiary/aromatic N) is 2. The summed E-state index contributed by atoms with van der Waals surface area (Å²) in [7, 11) is 0. The lowest BCUT2D eigenvalue weighted by molar-refractivity contribution is -0.126. The molecule has 0 aliphatic heterocycles. The number of fused-ring (bicyclic) bond motifs is 1. The van der Waals surface area contributed by atoms with Crippen molar-refractivity contribution >= 4 is 34.2 Å². The minimum Gasteiger partial charge on any atom is -0.451 e. The number of amides is 2. The Balaban J connectivity index is 1.43. The summed E-state index contributed by atoms with van der Waals surface area (Å²) in [4.78, 5) is 50.2. The van der Waals surface area contributed by atoms with E-state index in [1.807, 2.05) is 26.0 Å². The van der Waals surface area contributed by atoms with Crippen molar-refractivity contribution in [1.82, 2.24) is 15.1 Å². The van der Waals surface area contributed by atoms with Gasteiger partial charge in [-0.1, -0.05) is 48.5 Å². The van der Waals surface area contributed by atoms with Crippen LogP contribution in [0.25, 0.3) is 16.5 Å². The van der Waals surface area contributed by atoms with Crippen molar-refractivity contribution in [2.24, 2.45) is 0 Å². The molecule has 4 aromatic rings. The highest BCUT2D eigenvalue weighted by molar-refractivity contribution is 6.03. The molecule has 9 heteroatoms. The number of hydrogen-bond donors (Lipinski definition) is 2. The van der Waals surface area contributed by atoms with E-state index < -0.39 is 24.4 Å². The Labute approximate surface area is 206 Å². The number of hydrogen-bond acceptors (Lipinski definition) is 6. The molecule has 0 spiro atoms. The van der Waals surface area contributed by atoms with Crippen LogP contribution in [0.4, 0.5) is 5.69 Å². The quantitative estimate of drug-likeness (QED) is 0.389. The van der Waals surface area contributed by atoms with E-state index in [2.05, 4.69) is 15.7 Å². The maximum absolute atomic E-state index is 12.9. The Kier molecular flexibility index (Phi) is 7.20. The summed E-state index contributed by atoms with van der Waals surface area (Å²) in [6.07, 6.45) is 0. The molecule has 36 heavy (non-hydrogen) atoms. The molecule has 0 saturated carbocycles. The molecule has 0 bridgehead atoms. The molecule has 0 radical (unpaired) electrons. The van der Waals surface area contributed by atoms with Gasteiger partial charge in [0.25, 0.3) is 11.5 Å². The number of anilines is 1. The van der Waals surface area contributed by atoms with Gasteiger partial charge in [0, 0.05) is 11.1 Å². The smallest absolute Gasteiger partial charge is 0.359 e. The van der Waals surface area contributed by atoms with Gasteiger partial charge < -0.3 is 15.4 Å². The zero-order valence-corrected chi connectivity index (χ0v) is 19.8. The van der Waals surface area contributed by atoms with Gasteiger partial charge in [0.15, 0.2) is 12.3 Å². The first kappa shape index (κ1) is 24.3. The molecular weight excluding hydrogens is 460 g/mol. The number of carbonyl (C=O) groups excluding carboxylic acids is 3. The highest BCUT2D eigenvalue weighted by atomic mass is 16.5. The normalized spacial score (nSPS) is 10.6. The molecule has 0 unspecified atom stereocenters. The van der Waals surface area contributed by atoms with Crippen LogP contribution in [-0.4, -0.2) is 40.7 Å². The van der Waals surface area contributed by atoms with Crippen LogP contribution >= 0.6 is 0 Å². The summed E-state index contributed by atoms with van der Waals surface area (Å²) in [6.45, 7) is 2.92. The molecule has 0 fully saturated rings. The van der Waals surface area contributed by atoms with Crippen LogP contribution in [0, 0.1) is 13.8 Å². The number of ether oxygens (including phenoxy) is 1. The first-order valence-electron chi connectivity index (χ1n) is 11.2. The van der Waals surface area contributed by atoms with E-state index >= 15 is 0 Å². The lowest BCUT2D eigenvalue weighted by Gasteiger charge is -2.12. The number of rotatable bonds is 7. The van der Waals surface area contributed by atoms with Crippen LogP contribution in [0.2, 0.25) is 0 Å². The van der Waals surface area contributed by atoms with Crippen LogP contribution in [0.3, 0.4) is 0 Å². The Morgan fingerprint density at radius 3 is 2.31 bits per heavy atom. The molecular formula is C27H24N4O5. The summed E-state index contributed by atoms with van der Waals surface area (Å²) >= 11 is 0. The minimum atomic E-state index is -0.870. The fourth-order valence-electron chi connectivity index (χ4n) is 3.59. The van der Waals surface area contributed by atoms with Gasteiger partial charge in [-0.2, -0.15) is 9.78 Å². The zero-order valence-electron chi connectivity index (χ0n) is 19.8. The molecule has 0 aliphatic carbocycles. The SMILES string of the molecule is Cc1cccc(NC(=O)CNC(=O)COC(=O)c2nn(-c3ccccc3)c(=O)c3ccccc23)c1C. The molecule has 3 aromatic carbocycles. The minimum absolute atomic E-state index is 0.102. The summed E-state index contributed by atoms with van der Waals surface area (Å²) in [5.41, 5.74) is 2.61. The van der Waals surface area contributed by atoms with Crippen LogP contribution in [0.1, 0.15) is 21.6 Å². The van der Waals surface area contributed by atoms with E-state index in [1.54, 1.807) is 60.7 Å². The number of aryl methyl sites for hydroxylation is 1. The first-order chi connectivity index (χ1) is 17.3. The van der Waals surface area contributed by atoms with Gasteiger partial charge in [-0.05, 0) is 49.2 Å². The van der Waals surface area contributed by atoms with Gasteiger partial charge in [0.1, 0.15) is 0 Å². The third kappa shape index (κ3) is 5.30.